The van der Waals surface area contributed by atoms with Crippen molar-refractivity contribution in [2.75, 3.05) is 11.9 Å². The van der Waals surface area contributed by atoms with Gasteiger partial charge in [-0.25, -0.2) is 13.1 Å². The lowest BCUT2D eigenvalue weighted by Gasteiger charge is -2.11. The van der Waals surface area contributed by atoms with E-state index in [0.717, 1.165) is 5.39 Å². The first kappa shape index (κ1) is 19.0. The quantitative estimate of drug-likeness (QED) is 0.683. The van der Waals surface area contributed by atoms with E-state index in [0.29, 0.717) is 17.7 Å². The lowest BCUT2D eigenvalue weighted by atomic mass is 10.1. The molecule has 0 radical (unpaired) electrons. The van der Waals surface area contributed by atoms with Crippen molar-refractivity contribution in [3.8, 4) is 0 Å². The van der Waals surface area contributed by atoms with Gasteiger partial charge in [-0.2, -0.15) is 0 Å². The van der Waals surface area contributed by atoms with Crippen LogP contribution >= 0.6 is 0 Å². The third-order valence-corrected chi connectivity index (χ3v) is 5.39. The summed E-state index contributed by atoms with van der Waals surface area (Å²) in [6, 6.07) is 15.2. The number of para-hydroxylation sites is 1. The Bertz CT molecular complexity index is 1070. The van der Waals surface area contributed by atoms with E-state index in [1.165, 1.54) is 12.1 Å². The minimum atomic E-state index is -3.66. The minimum Gasteiger partial charge on any atom is -0.320 e. The number of amides is 1. The molecule has 3 aromatic rings. The van der Waals surface area contributed by atoms with Crippen molar-refractivity contribution in [1.29, 1.82) is 0 Å². The summed E-state index contributed by atoms with van der Waals surface area (Å²) in [5, 5.41) is 3.72. The maximum absolute atomic E-state index is 12.6. The molecule has 0 atom stereocenters. The van der Waals surface area contributed by atoms with Gasteiger partial charge in [-0.3, -0.25) is 9.78 Å². The lowest BCUT2D eigenvalue weighted by Crippen LogP contribution is -2.27. The van der Waals surface area contributed by atoms with Crippen LogP contribution in [0.2, 0.25) is 0 Å². The maximum atomic E-state index is 12.6. The topological polar surface area (TPSA) is 88.2 Å². The Morgan fingerprint density at radius 3 is 2.59 bits per heavy atom. The molecule has 0 fully saturated rings. The number of anilines is 1. The van der Waals surface area contributed by atoms with Gasteiger partial charge in [0.05, 0.1) is 16.1 Å². The number of hydrogen-bond donors (Lipinski definition) is 2. The van der Waals surface area contributed by atoms with E-state index in [9.17, 15) is 13.2 Å². The first-order valence-corrected chi connectivity index (χ1v) is 10.1. The van der Waals surface area contributed by atoms with E-state index >= 15 is 0 Å². The van der Waals surface area contributed by atoms with Gasteiger partial charge >= 0.3 is 0 Å². The molecule has 0 saturated heterocycles. The number of hydrogen-bond acceptors (Lipinski definition) is 4. The number of pyridine rings is 1. The predicted octanol–water partition coefficient (Wildman–Crippen LogP) is 3.42. The Balaban J connectivity index is 1.85. The fourth-order valence-corrected chi connectivity index (χ4v) is 3.82. The standard InChI is InChI=1S/C20H21N3O3S/c1-14(2)13-22-27(25,26)17-9-3-7-16(12-17)20(24)23-18-10-4-6-15-8-5-11-21-19(15)18/h3-12,14,22H,13H2,1-2H3,(H,23,24). The molecule has 6 nitrogen and oxygen atoms in total. The van der Waals surface area contributed by atoms with Crippen LogP contribution in [0.15, 0.2) is 65.7 Å². The first-order chi connectivity index (χ1) is 12.9. The van der Waals surface area contributed by atoms with Gasteiger partial charge < -0.3 is 5.32 Å². The zero-order valence-corrected chi connectivity index (χ0v) is 16.0. The molecule has 3 rings (SSSR count). The number of nitrogens with zero attached hydrogens (tertiary/aromatic N) is 1. The minimum absolute atomic E-state index is 0.0619. The summed E-state index contributed by atoms with van der Waals surface area (Å²) in [6.45, 7) is 4.18. The highest BCUT2D eigenvalue weighted by atomic mass is 32.2. The second-order valence-electron chi connectivity index (χ2n) is 6.61. The van der Waals surface area contributed by atoms with Gasteiger partial charge in [-0.15, -0.1) is 0 Å². The molecule has 0 bridgehead atoms. The first-order valence-electron chi connectivity index (χ1n) is 8.61. The van der Waals surface area contributed by atoms with Crippen molar-refractivity contribution in [2.24, 2.45) is 5.92 Å². The third kappa shape index (κ3) is 4.50. The summed E-state index contributed by atoms with van der Waals surface area (Å²) in [5.41, 5.74) is 1.51. The number of carbonyl (C=O) groups excluding carboxylic acids is 1. The van der Waals surface area contributed by atoms with Crippen molar-refractivity contribution in [3.05, 3.63) is 66.4 Å². The molecule has 140 valence electrons. The third-order valence-electron chi connectivity index (χ3n) is 3.97. The number of aromatic nitrogens is 1. The Morgan fingerprint density at radius 1 is 1.07 bits per heavy atom. The summed E-state index contributed by atoms with van der Waals surface area (Å²) in [6.07, 6.45) is 1.66. The van der Waals surface area contributed by atoms with Gasteiger partial charge in [-0.1, -0.05) is 38.1 Å². The molecule has 0 aliphatic rings. The summed E-state index contributed by atoms with van der Waals surface area (Å²) in [7, 11) is -3.66. The molecular weight excluding hydrogens is 362 g/mol. The molecule has 2 aromatic carbocycles. The maximum Gasteiger partial charge on any atom is 0.255 e. The van der Waals surface area contributed by atoms with E-state index < -0.39 is 15.9 Å². The number of fused-ring (bicyclic) bond motifs is 1. The average Bonchev–Trinajstić information content (AvgIpc) is 2.67. The highest BCUT2D eigenvalue weighted by molar-refractivity contribution is 7.89. The second-order valence-corrected chi connectivity index (χ2v) is 8.38. The van der Waals surface area contributed by atoms with Crippen molar-refractivity contribution in [2.45, 2.75) is 18.7 Å². The molecule has 1 amide bonds. The smallest absolute Gasteiger partial charge is 0.255 e. The monoisotopic (exact) mass is 383 g/mol. The summed E-state index contributed by atoms with van der Waals surface area (Å²) in [5.74, 6) is -0.209. The fraction of sp³-hybridized carbons (Fsp3) is 0.200. The van der Waals surface area contributed by atoms with Crippen molar-refractivity contribution < 1.29 is 13.2 Å². The number of nitrogens with one attached hydrogen (secondary N) is 2. The van der Waals surface area contributed by atoms with Crippen LogP contribution in [-0.4, -0.2) is 25.9 Å². The van der Waals surface area contributed by atoms with E-state index in [-0.39, 0.29) is 16.4 Å². The van der Waals surface area contributed by atoms with Crippen LogP contribution in [-0.2, 0) is 10.0 Å². The molecule has 27 heavy (non-hydrogen) atoms. The zero-order valence-electron chi connectivity index (χ0n) is 15.1. The van der Waals surface area contributed by atoms with E-state index in [1.54, 1.807) is 24.4 Å². The zero-order chi connectivity index (χ0) is 19.4. The van der Waals surface area contributed by atoms with Gasteiger partial charge in [-0.05, 0) is 36.2 Å². The largest absolute Gasteiger partial charge is 0.320 e. The van der Waals surface area contributed by atoms with Crippen LogP contribution in [0.1, 0.15) is 24.2 Å². The Kier molecular flexibility index (Phi) is 5.53. The fourth-order valence-electron chi connectivity index (χ4n) is 2.56. The lowest BCUT2D eigenvalue weighted by molar-refractivity contribution is 0.102. The van der Waals surface area contributed by atoms with Crippen LogP contribution in [0.5, 0.6) is 0 Å². The molecule has 1 aromatic heterocycles. The number of sulfonamides is 1. The van der Waals surface area contributed by atoms with Gasteiger partial charge in [0.1, 0.15) is 0 Å². The molecule has 0 saturated carbocycles. The van der Waals surface area contributed by atoms with E-state index in [1.807, 2.05) is 38.1 Å². The van der Waals surface area contributed by atoms with Gasteiger partial charge in [0.25, 0.3) is 5.91 Å². The van der Waals surface area contributed by atoms with Crippen molar-refractivity contribution in [1.82, 2.24) is 9.71 Å². The predicted molar refractivity (Wildman–Crippen MR) is 106 cm³/mol. The SMILES string of the molecule is CC(C)CNS(=O)(=O)c1cccc(C(=O)Nc2cccc3cccnc23)c1. The van der Waals surface area contributed by atoms with Crippen LogP contribution < -0.4 is 10.0 Å². The molecule has 2 N–H and O–H groups in total. The molecule has 1 heterocycles. The van der Waals surface area contributed by atoms with Gasteiger partial charge in [0.15, 0.2) is 0 Å². The number of benzene rings is 2. The van der Waals surface area contributed by atoms with Crippen LogP contribution in [0.4, 0.5) is 5.69 Å². The highest BCUT2D eigenvalue weighted by Crippen LogP contribution is 2.21. The van der Waals surface area contributed by atoms with Crippen LogP contribution in [0.25, 0.3) is 10.9 Å². The highest BCUT2D eigenvalue weighted by Gasteiger charge is 2.17. The second kappa shape index (κ2) is 7.85. The Hall–Kier alpha value is -2.77. The summed E-state index contributed by atoms with van der Waals surface area (Å²) < 4.78 is 27.3. The molecule has 0 aliphatic heterocycles. The Labute approximate surface area is 158 Å². The molecule has 0 aliphatic carbocycles. The van der Waals surface area contributed by atoms with Crippen molar-refractivity contribution >= 4 is 32.5 Å². The summed E-state index contributed by atoms with van der Waals surface area (Å²) in [4.78, 5) is 17.0. The average molecular weight is 383 g/mol. The number of carbonyl (C=O) groups is 1. The Morgan fingerprint density at radius 2 is 1.81 bits per heavy atom. The van der Waals surface area contributed by atoms with Gasteiger partial charge in [0, 0.05) is 23.7 Å². The molecule has 0 spiro atoms. The molecule has 0 unspecified atom stereocenters. The van der Waals surface area contributed by atoms with Gasteiger partial charge in [0.2, 0.25) is 10.0 Å². The summed E-state index contributed by atoms with van der Waals surface area (Å²) >= 11 is 0. The van der Waals surface area contributed by atoms with Crippen molar-refractivity contribution in [3.63, 3.8) is 0 Å². The molecule has 7 heteroatoms. The van der Waals surface area contributed by atoms with Crippen LogP contribution in [0.3, 0.4) is 0 Å². The van der Waals surface area contributed by atoms with E-state index in [2.05, 4.69) is 15.0 Å². The molecular formula is C20H21N3O3S. The number of rotatable bonds is 6. The van der Waals surface area contributed by atoms with Crippen LogP contribution in [0, 0.1) is 5.92 Å². The normalized spacial score (nSPS) is 11.7. The van der Waals surface area contributed by atoms with E-state index in [4.69, 9.17) is 0 Å².